The van der Waals surface area contributed by atoms with Crippen LogP contribution in [-0.2, 0) is 14.1 Å². The largest absolute Gasteiger partial charge is 1.00 e. The minimum absolute atomic E-state index is 0. The summed E-state index contributed by atoms with van der Waals surface area (Å²) in [7, 11) is 3.67. The highest BCUT2D eigenvalue weighted by molar-refractivity contribution is 4.68. The van der Waals surface area contributed by atoms with Gasteiger partial charge in [-0.1, -0.05) is 0 Å². The predicted octanol–water partition coefficient (Wildman–Crippen LogP) is -4.22. The van der Waals surface area contributed by atoms with Crippen molar-refractivity contribution in [1.82, 2.24) is 9.67 Å². The van der Waals surface area contributed by atoms with E-state index in [2.05, 4.69) is 10.3 Å². The Morgan fingerprint density at radius 2 is 2.18 bits per heavy atom. The summed E-state index contributed by atoms with van der Waals surface area (Å²) >= 11 is 0. The number of aromatic nitrogens is 3. The number of halogens is 1. The van der Waals surface area contributed by atoms with E-state index in [1.807, 2.05) is 21.0 Å². The number of hydrogen-bond acceptors (Lipinski definition) is 2. The van der Waals surface area contributed by atoms with E-state index in [4.69, 9.17) is 5.21 Å². The molecule has 0 unspecified atom stereocenters. The molecule has 1 aromatic heterocycles. The van der Waals surface area contributed by atoms with E-state index in [9.17, 15) is 0 Å². The molecule has 2 N–H and O–H groups in total. The van der Waals surface area contributed by atoms with Gasteiger partial charge in [-0.2, -0.15) is 14.3 Å². The van der Waals surface area contributed by atoms with E-state index >= 15 is 0 Å². The van der Waals surface area contributed by atoms with Crippen molar-refractivity contribution in [3.63, 3.8) is 0 Å². The molecule has 0 amide bonds. The first kappa shape index (κ1) is 10.0. The molecule has 0 saturated heterocycles. The second-order valence-electron chi connectivity index (χ2n) is 2.20. The zero-order valence-electron chi connectivity index (χ0n) is 6.67. The molecule has 0 spiro atoms. The summed E-state index contributed by atoms with van der Waals surface area (Å²) in [6, 6.07) is 0. The van der Waals surface area contributed by atoms with Crippen molar-refractivity contribution in [2.75, 3.05) is 0 Å². The molecule has 0 saturated carbocycles. The van der Waals surface area contributed by atoms with Gasteiger partial charge in [0.25, 0.3) is 5.82 Å². The number of hydrogen-bond donors (Lipinski definition) is 2. The van der Waals surface area contributed by atoms with E-state index in [0.717, 1.165) is 5.82 Å². The van der Waals surface area contributed by atoms with E-state index in [1.165, 1.54) is 0 Å². The normalized spacial score (nSPS) is 11.4. The van der Waals surface area contributed by atoms with Gasteiger partial charge in [0.15, 0.2) is 0 Å². The number of aromatic amines is 1. The van der Waals surface area contributed by atoms with Crippen molar-refractivity contribution in [2.24, 2.45) is 19.3 Å². The zero-order valence-corrected chi connectivity index (χ0v) is 7.42. The molecule has 64 valence electrons. The lowest BCUT2D eigenvalue weighted by Crippen LogP contribution is -3.00. The second kappa shape index (κ2) is 3.43. The molecule has 1 aromatic rings. The summed E-state index contributed by atoms with van der Waals surface area (Å²) in [5.74, 6) is 0.993. The number of H-pyrrole nitrogens is 1. The molecule has 0 radical (unpaired) electrons. The van der Waals surface area contributed by atoms with Crippen molar-refractivity contribution in [3.8, 4) is 0 Å². The van der Waals surface area contributed by atoms with Crippen LogP contribution in [0.25, 0.3) is 0 Å². The average Bonchev–Trinajstić information content (AvgIpc) is 2.17. The van der Waals surface area contributed by atoms with Crippen LogP contribution in [0.4, 0.5) is 0 Å². The quantitative estimate of drug-likeness (QED) is 0.236. The molecule has 1 rings (SSSR count). The lowest BCUT2D eigenvalue weighted by atomic mass is 10.7. The van der Waals surface area contributed by atoms with Crippen LogP contribution in [0.2, 0.25) is 0 Å². The van der Waals surface area contributed by atoms with Crippen molar-refractivity contribution < 1.29 is 22.3 Å². The molecule has 0 bridgehead atoms. The van der Waals surface area contributed by atoms with Crippen molar-refractivity contribution >= 4 is 0 Å². The predicted molar refractivity (Wildman–Crippen MR) is 33.0 cm³/mol. The highest BCUT2D eigenvalue weighted by Gasteiger charge is 2.07. The van der Waals surface area contributed by atoms with Crippen LogP contribution in [0.5, 0.6) is 0 Å². The highest BCUT2D eigenvalue weighted by atomic mass is 35.5. The number of nitrogens with one attached hydrogen (secondary N) is 1. The second-order valence-corrected chi connectivity index (χ2v) is 2.20. The summed E-state index contributed by atoms with van der Waals surface area (Å²) in [4.78, 5) is 0. The SMILES string of the molecule is Cc1n(C)c(=NO)[nH][n+]1C.[Cl-]. The Morgan fingerprint density at radius 1 is 1.64 bits per heavy atom. The molecule has 0 aliphatic carbocycles. The Balaban J connectivity index is 0.000001000. The maximum atomic E-state index is 8.42. The number of aryl methyl sites for hydroxylation is 1. The van der Waals surface area contributed by atoms with Gasteiger partial charge in [0, 0.05) is 6.92 Å². The van der Waals surface area contributed by atoms with Gasteiger partial charge in [0.1, 0.15) is 7.05 Å². The summed E-state index contributed by atoms with van der Waals surface area (Å²) in [6.07, 6.45) is 0. The lowest BCUT2D eigenvalue weighted by molar-refractivity contribution is -0.735. The van der Waals surface area contributed by atoms with Crippen LogP contribution in [-0.4, -0.2) is 14.9 Å². The topological polar surface area (TPSA) is 57.2 Å². The summed E-state index contributed by atoms with van der Waals surface area (Å²) in [5, 5.41) is 14.3. The Hall–Kier alpha value is -0.970. The highest BCUT2D eigenvalue weighted by Crippen LogP contribution is 1.75. The van der Waals surface area contributed by atoms with Crippen LogP contribution in [0, 0.1) is 6.92 Å². The van der Waals surface area contributed by atoms with Crippen LogP contribution in [0.1, 0.15) is 5.82 Å². The van der Waals surface area contributed by atoms with Crippen molar-refractivity contribution in [3.05, 3.63) is 11.4 Å². The maximum absolute atomic E-state index is 8.42. The molecular formula is C5H11ClN4O. The van der Waals surface area contributed by atoms with Gasteiger partial charge in [-0.25, -0.2) is 0 Å². The molecule has 6 heteroatoms. The molecule has 0 aliphatic heterocycles. The molecule has 0 atom stereocenters. The van der Waals surface area contributed by atoms with Crippen LogP contribution in [0.3, 0.4) is 0 Å². The van der Waals surface area contributed by atoms with Crippen LogP contribution >= 0.6 is 0 Å². The molecule has 1 heterocycles. The van der Waals surface area contributed by atoms with Crippen molar-refractivity contribution in [1.29, 1.82) is 0 Å². The summed E-state index contributed by atoms with van der Waals surface area (Å²) in [5.41, 5.74) is 0.444. The monoisotopic (exact) mass is 178 g/mol. The van der Waals surface area contributed by atoms with Gasteiger partial charge in [-0.3, -0.25) is 0 Å². The number of rotatable bonds is 0. The first-order valence-corrected chi connectivity index (χ1v) is 2.96. The lowest BCUT2D eigenvalue weighted by Gasteiger charge is -1.82. The Morgan fingerprint density at radius 3 is 2.36 bits per heavy atom. The van der Waals surface area contributed by atoms with Gasteiger partial charge in [-0.15, -0.1) is 0 Å². The van der Waals surface area contributed by atoms with E-state index in [-0.39, 0.29) is 12.4 Å². The molecule has 5 nitrogen and oxygen atoms in total. The van der Waals surface area contributed by atoms with E-state index in [1.54, 1.807) is 9.25 Å². The van der Waals surface area contributed by atoms with Gasteiger partial charge in [-0.05, 0) is 5.16 Å². The standard InChI is InChI=1S/C5H10N4O.ClH/c1-4-8(2)5(7-10)6-9(4)3;/h1-3H3,(H-,6,7,10);1H. The summed E-state index contributed by atoms with van der Waals surface area (Å²) in [6.45, 7) is 1.92. The van der Waals surface area contributed by atoms with Gasteiger partial charge in [0.05, 0.1) is 7.05 Å². The minimum atomic E-state index is 0. The molecular weight excluding hydrogens is 168 g/mol. The molecule has 0 aromatic carbocycles. The van der Waals surface area contributed by atoms with Crippen LogP contribution in [0.15, 0.2) is 5.16 Å². The minimum Gasteiger partial charge on any atom is -1.00 e. The van der Waals surface area contributed by atoms with Gasteiger partial charge in [0.2, 0.25) is 0 Å². The van der Waals surface area contributed by atoms with Gasteiger partial charge < -0.3 is 17.6 Å². The summed E-state index contributed by atoms with van der Waals surface area (Å²) < 4.78 is 3.52. The first-order chi connectivity index (χ1) is 4.66. The molecule has 11 heavy (non-hydrogen) atoms. The first-order valence-electron chi connectivity index (χ1n) is 2.96. The number of nitrogens with zero attached hydrogens (tertiary/aromatic N) is 3. The van der Waals surface area contributed by atoms with E-state index in [0.29, 0.717) is 5.62 Å². The Bertz CT molecular complexity index is 300. The van der Waals surface area contributed by atoms with Gasteiger partial charge >= 0.3 is 5.62 Å². The Kier molecular flexibility index (Phi) is 3.13. The third kappa shape index (κ3) is 1.54. The molecule has 0 aliphatic rings. The fourth-order valence-corrected chi connectivity index (χ4v) is 0.774. The third-order valence-corrected chi connectivity index (χ3v) is 1.65. The maximum Gasteiger partial charge on any atom is 0.363 e. The smallest absolute Gasteiger partial charge is 0.363 e. The van der Waals surface area contributed by atoms with E-state index < -0.39 is 0 Å². The fraction of sp³-hybridized carbons (Fsp3) is 0.600. The fourth-order valence-electron chi connectivity index (χ4n) is 0.774. The van der Waals surface area contributed by atoms with Crippen molar-refractivity contribution in [2.45, 2.75) is 6.92 Å². The Labute approximate surface area is 70.4 Å². The third-order valence-electron chi connectivity index (χ3n) is 1.65. The zero-order chi connectivity index (χ0) is 7.72. The van der Waals surface area contributed by atoms with Crippen LogP contribution < -0.4 is 22.7 Å². The average molecular weight is 179 g/mol. The molecule has 0 fully saturated rings.